The minimum atomic E-state index is 0.122. The monoisotopic (exact) mass is 220 g/mol. The predicted molar refractivity (Wildman–Crippen MR) is 65.7 cm³/mol. The average Bonchev–Trinajstić information content (AvgIpc) is 2.76. The Morgan fingerprint density at radius 3 is 2.56 bits per heavy atom. The zero-order valence-electron chi connectivity index (χ0n) is 10.3. The summed E-state index contributed by atoms with van der Waals surface area (Å²) in [5.41, 5.74) is 9.17. The van der Waals surface area contributed by atoms with Gasteiger partial charge in [0.15, 0.2) is 0 Å². The van der Waals surface area contributed by atoms with E-state index in [1.165, 1.54) is 11.1 Å². The second-order valence-electron chi connectivity index (χ2n) is 4.66. The normalized spacial score (nSPS) is 18.7. The number of nitrogens with one attached hydrogen (secondary N) is 2. The van der Waals surface area contributed by atoms with Crippen LogP contribution in [0.25, 0.3) is 0 Å². The lowest BCUT2D eigenvalue weighted by atomic mass is 9.82. The highest BCUT2D eigenvalue weighted by atomic mass is 16.5. The van der Waals surface area contributed by atoms with E-state index < -0.39 is 0 Å². The van der Waals surface area contributed by atoms with E-state index >= 15 is 0 Å². The van der Waals surface area contributed by atoms with Crippen molar-refractivity contribution in [1.82, 2.24) is 10.9 Å². The van der Waals surface area contributed by atoms with Gasteiger partial charge in [0, 0.05) is 24.1 Å². The molecule has 0 aromatic heterocycles. The molecule has 16 heavy (non-hydrogen) atoms. The number of aryl methyl sites for hydroxylation is 1. The molecule has 3 nitrogen and oxygen atoms in total. The van der Waals surface area contributed by atoms with E-state index in [-0.39, 0.29) is 5.41 Å². The Morgan fingerprint density at radius 1 is 1.31 bits per heavy atom. The van der Waals surface area contributed by atoms with E-state index in [2.05, 4.69) is 42.9 Å². The first-order valence-electron chi connectivity index (χ1n) is 5.83. The molecule has 2 rings (SSSR count). The van der Waals surface area contributed by atoms with Gasteiger partial charge >= 0.3 is 0 Å². The molecule has 0 amide bonds. The van der Waals surface area contributed by atoms with Crippen molar-refractivity contribution in [3.63, 3.8) is 0 Å². The van der Waals surface area contributed by atoms with Crippen LogP contribution in [-0.4, -0.2) is 20.2 Å². The van der Waals surface area contributed by atoms with Crippen LogP contribution < -0.4 is 15.6 Å². The lowest BCUT2D eigenvalue weighted by molar-refractivity contribution is 0.394. The van der Waals surface area contributed by atoms with E-state index in [4.69, 9.17) is 4.74 Å². The van der Waals surface area contributed by atoms with Gasteiger partial charge in [-0.2, -0.15) is 0 Å². The molecule has 1 aromatic carbocycles. The first kappa shape index (κ1) is 11.4. The Kier molecular flexibility index (Phi) is 3.17. The van der Waals surface area contributed by atoms with Crippen molar-refractivity contribution in [1.29, 1.82) is 0 Å². The molecule has 0 aliphatic carbocycles. The average molecular weight is 220 g/mol. The van der Waals surface area contributed by atoms with Crippen molar-refractivity contribution in [2.75, 3.05) is 20.2 Å². The van der Waals surface area contributed by atoms with Gasteiger partial charge in [0.1, 0.15) is 5.75 Å². The molecule has 0 unspecified atom stereocenters. The second-order valence-corrected chi connectivity index (χ2v) is 4.66. The number of benzene rings is 1. The summed E-state index contributed by atoms with van der Waals surface area (Å²) in [4.78, 5) is 0. The number of methoxy groups -OCH3 is 1. The van der Waals surface area contributed by atoms with Crippen molar-refractivity contribution >= 4 is 0 Å². The van der Waals surface area contributed by atoms with E-state index in [1.807, 2.05) is 0 Å². The highest BCUT2D eigenvalue weighted by molar-refractivity contribution is 5.43. The lowest BCUT2D eigenvalue weighted by Gasteiger charge is -2.25. The summed E-state index contributed by atoms with van der Waals surface area (Å²) in [7, 11) is 1.74. The molecule has 88 valence electrons. The van der Waals surface area contributed by atoms with Crippen molar-refractivity contribution in [2.45, 2.75) is 25.7 Å². The maximum absolute atomic E-state index is 5.47. The number of rotatable bonds is 3. The molecular weight excluding hydrogens is 200 g/mol. The standard InChI is InChI=1S/C13H20N2O/c1-4-10-5-6-12(16-3)11(7-10)13(2)8-14-15-9-13/h5-7,14-15H,4,8-9H2,1-3H3. The fraction of sp³-hybridized carbons (Fsp3) is 0.538. The van der Waals surface area contributed by atoms with Gasteiger partial charge in [-0.05, 0) is 18.1 Å². The third-order valence-corrected chi connectivity index (χ3v) is 3.40. The number of hydrazine groups is 1. The maximum Gasteiger partial charge on any atom is 0.122 e. The molecular formula is C13H20N2O. The van der Waals surface area contributed by atoms with Gasteiger partial charge in [-0.15, -0.1) is 0 Å². The molecule has 0 saturated carbocycles. The van der Waals surface area contributed by atoms with Crippen LogP contribution in [0.15, 0.2) is 18.2 Å². The smallest absolute Gasteiger partial charge is 0.122 e. The van der Waals surface area contributed by atoms with Gasteiger partial charge in [0.25, 0.3) is 0 Å². The highest BCUT2D eigenvalue weighted by Gasteiger charge is 2.33. The molecule has 1 aliphatic rings. The highest BCUT2D eigenvalue weighted by Crippen LogP contribution is 2.33. The quantitative estimate of drug-likeness (QED) is 0.812. The summed E-state index contributed by atoms with van der Waals surface area (Å²) in [5, 5.41) is 0. The fourth-order valence-electron chi connectivity index (χ4n) is 2.21. The van der Waals surface area contributed by atoms with E-state index in [9.17, 15) is 0 Å². The van der Waals surface area contributed by atoms with Crippen LogP contribution in [0.2, 0.25) is 0 Å². The second kappa shape index (κ2) is 4.44. The molecule has 1 aliphatic heterocycles. The van der Waals surface area contributed by atoms with Gasteiger partial charge < -0.3 is 4.74 Å². The molecule has 3 heteroatoms. The first-order chi connectivity index (χ1) is 7.69. The van der Waals surface area contributed by atoms with E-state index in [1.54, 1.807) is 7.11 Å². The summed E-state index contributed by atoms with van der Waals surface area (Å²) in [6.45, 7) is 6.32. The topological polar surface area (TPSA) is 33.3 Å². The Labute approximate surface area is 97.2 Å². The first-order valence-corrected chi connectivity index (χ1v) is 5.83. The molecule has 2 N–H and O–H groups in total. The third kappa shape index (κ3) is 1.93. The van der Waals surface area contributed by atoms with Gasteiger partial charge in [-0.1, -0.05) is 26.0 Å². The van der Waals surface area contributed by atoms with Gasteiger partial charge in [-0.25, -0.2) is 0 Å². The minimum Gasteiger partial charge on any atom is -0.496 e. The Balaban J connectivity index is 2.43. The Morgan fingerprint density at radius 2 is 2.00 bits per heavy atom. The molecule has 0 radical (unpaired) electrons. The molecule has 1 aromatic rings. The van der Waals surface area contributed by atoms with E-state index in [0.29, 0.717) is 0 Å². The van der Waals surface area contributed by atoms with Crippen LogP contribution in [0.1, 0.15) is 25.0 Å². The van der Waals surface area contributed by atoms with Crippen LogP contribution in [0, 0.1) is 0 Å². The Bertz CT molecular complexity index is 370. The summed E-state index contributed by atoms with van der Waals surface area (Å²) in [6.07, 6.45) is 1.06. The third-order valence-electron chi connectivity index (χ3n) is 3.40. The van der Waals surface area contributed by atoms with Gasteiger partial charge in [-0.3, -0.25) is 10.9 Å². The van der Waals surface area contributed by atoms with Crippen LogP contribution in [0.5, 0.6) is 5.75 Å². The fourth-order valence-corrected chi connectivity index (χ4v) is 2.21. The Hall–Kier alpha value is -1.06. The number of hydrogen-bond donors (Lipinski definition) is 2. The SMILES string of the molecule is CCc1ccc(OC)c(C2(C)CNNC2)c1. The van der Waals surface area contributed by atoms with Gasteiger partial charge in [0.2, 0.25) is 0 Å². The zero-order chi connectivity index (χ0) is 11.6. The molecule has 0 bridgehead atoms. The van der Waals surface area contributed by atoms with E-state index in [0.717, 1.165) is 25.3 Å². The van der Waals surface area contributed by atoms with Gasteiger partial charge in [0.05, 0.1) is 7.11 Å². The van der Waals surface area contributed by atoms with Crippen molar-refractivity contribution in [3.05, 3.63) is 29.3 Å². The minimum absolute atomic E-state index is 0.122. The molecule has 0 spiro atoms. The van der Waals surface area contributed by atoms with Crippen LogP contribution in [0.3, 0.4) is 0 Å². The maximum atomic E-state index is 5.47. The zero-order valence-corrected chi connectivity index (χ0v) is 10.3. The number of ether oxygens (including phenoxy) is 1. The summed E-state index contributed by atoms with van der Waals surface area (Å²) in [6, 6.07) is 6.49. The van der Waals surface area contributed by atoms with Crippen LogP contribution in [0.4, 0.5) is 0 Å². The summed E-state index contributed by atoms with van der Waals surface area (Å²) in [5.74, 6) is 0.991. The predicted octanol–water partition coefficient (Wildman–Crippen LogP) is 1.62. The molecule has 1 saturated heterocycles. The van der Waals surface area contributed by atoms with Crippen molar-refractivity contribution in [3.8, 4) is 5.75 Å². The van der Waals surface area contributed by atoms with Crippen LogP contribution >= 0.6 is 0 Å². The van der Waals surface area contributed by atoms with Crippen molar-refractivity contribution < 1.29 is 4.74 Å². The van der Waals surface area contributed by atoms with Crippen molar-refractivity contribution in [2.24, 2.45) is 0 Å². The number of hydrogen-bond acceptors (Lipinski definition) is 3. The summed E-state index contributed by atoms with van der Waals surface area (Å²) < 4.78 is 5.47. The lowest BCUT2D eigenvalue weighted by Crippen LogP contribution is -2.28. The molecule has 1 heterocycles. The largest absolute Gasteiger partial charge is 0.496 e. The molecule has 0 atom stereocenters. The molecule has 1 fully saturated rings. The van der Waals surface area contributed by atoms with Crippen LogP contribution in [-0.2, 0) is 11.8 Å². The summed E-state index contributed by atoms with van der Waals surface area (Å²) >= 11 is 0.